The van der Waals surface area contributed by atoms with Gasteiger partial charge in [0.25, 0.3) is 0 Å². The highest BCUT2D eigenvalue weighted by Crippen LogP contribution is 2.31. The Labute approximate surface area is 194 Å². The number of carbonyl (C=O) groups is 1. The monoisotopic (exact) mass is 442 g/mol. The molecule has 170 valence electrons. The lowest BCUT2D eigenvalue weighted by molar-refractivity contribution is -0.132. The van der Waals surface area contributed by atoms with Gasteiger partial charge in [-0.1, -0.05) is 19.1 Å². The molecule has 1 aromatic carbocycles. The second kappa shape index (κ2) is 9.67. The molecule has 1 aliphatic heterocycles. The van der Waals surface area contributed by atoms with Crippen LogP contribution in [0.3, 0.4) is 0 Å². The normalized spacial score (nSPS) is 16.0. The van der Waals surface area contributed by atoms with Gasteiger partial charge in [0, 0.05) is 61.1 Å². The van der Waals surface area contributed by atoms with Gasteiger partial charge in [0.2, 0.25) is 5.91 Å². The number of hydrogen-bond acceptors (Lipinski definition) is 6. The summed E-state index contributed by atoms with van der Waals surface area (Å²) in [7, 11) is 0. The Balaban J connectivity index is 1.28. The number of nitrogens with one attached hydrogen (secondary N) is 1. The maximum atomic E-state index is 12.7. The third-order valence-electron chi connectivity index (χ3n) is 6.62. The number of amides is 1. The average molecular weight is 443 g/mol. The van der Waals surface area contributed by atoms with Crippen molar-refractivity contribution in [3.05, 3.63) is 65.6 Å². The van der Waals surface area contributed by atoms with Crippen molar-refractivity contribution in [2.75, 3.05) is 38.0 Å². The van der Waals surface area contributed by atoms with E-state index in [4.69, 9.17) is 9.97 Å². The number of anilines is 2. The van der Waals surface area contributed by atoms with Crippen LogP contribution in [0.1, 0.15) is 30.2 Å². The van der Waals surface area contributed by atoms with Gasteiger partial charge in [-0.05, 0) is 55.6 Å². The third kappa shape index (κ3) is 4.88. The van der Waals surface area contributed by atoms with E-state index in [2.05, 4.69) is 22.1 Å². The van der Waals surface area contributed by atoms with Crippen molar-refractivity contribution in [1.29, 1.82) is 0 Å². The van der Waals surface area contributed by atoms with Gasteiger partial charge in [-0.15, -0.1) is 0 Å². The smallest absolute Gasteiger partial charge is 0.227 e. The van der Waals surface area contributed by atoms with Gasteiger partial charge in [0.15, 0.2) is 5.82 Å². The zero-order chi connectivity index (χ0) is 22.6. The van der Waals surface area contributed by atoms with Crippen molar-refractivity contribution in [2.45, 2.75) is 32.6 Å². The molecule has 33 heavy (non-hydrogen) atoms. The van der Waals surface area contributed by atoms with E-state index >= 15 is 0 Å². The molecule has 1 amide bonds. The summed E-state index contributed by atoms with van der Waals surface area (Å²) in [5.41, 5.74) is 5.31. The van der Waals surface area contributed by atoms with Crippen molar-refractivity contribution >= 4 is 17.4 Å². The molecule has 1 N–H and O–H groups in total. The molecule has 7 heteroatoms. The van der Waals surface area contributed by atoms with Crippen LogP contribution in [0.5, 0.6) is 0 Å². The van der Waals surface area contributed by atoms with E-state index in [1.165, 1.54) is 5.56 Å². The maximum absolute atomic E-state index is 12.7. The summed E-state index contributed by atoms with van der Waals surface area (Å²) in [4.78, 5) is 30.8. The summed E-state index contributed by atoms with van der Waals surface area (Å²) in [6.45, 7) is 6.81. The van der Waals surface area contributed by atoms with Gasteiger partial charge in [0.1, 0.15) is 5.82 Å². The zero-order valence-electron chi connectivity index (χ0n) is 19.1. The highest BCUT2D eigenvalue weighted by Gasteiger charge is 2.21. The largest absolute Gasteiger partial charge is 0.340 e. The number of pyridine rings is 1. The quantitative estimate of drug-likeness (QED) is 0.630. The molecule has 0 unspecified atom stereocenters. The van der Waals surface area contributed by atoms with Crippen molar-refractivity contribution < 1.29 is 4.79 Å². The predicted molar refractivity (Wildman–Crippen MR) is 129 cm³/mol. The number of rotatable bonds is 6. The maximum Gasteiger partial charge on any atom is 0.227 e. The molecule has 7 nitrogen and oxygen atoms in total. The molecular formula is C26H30N6O. The average Bonchev–Trinajstić information content (AvgIpc) is 3.35. The fourth-order valence-corrected chi connectivity index (χ4v) is 4.61. The molecular weight excluding hydrogens is 412 g/mol. The molecule has 0 atom stereocenters. The predicted octanol–water partition coefficient (Wildman–Crippen LogP) is 3.48. The van der Waals surface area contributed by atoms with E-state index in [1.807, 2.05) is 41.3 Å². The summed E-state index contributed by atoms with van der Waals surface area (Å²) < 4.78 is 0. The second-order valence-electron chi connectivity index (χ2n) is 8.72. The molecule has 2 aliphatic rings. The minimum absolute atomic E-state index is 0.210. The van der Waals surface area contributed by atoms with Crippen molar-refractivity contribution in [2.24, 2.45) is 0 Å². The highest BCUT2D eigenvalue weighted by atomic mass is 16.2. The Kier molecular flexibility index (Phi) is 6.30. The van der Waals surface area contributed by atoms with Gasteiger partial charge >= 0.3 is 0 Å². The number of aryl methyl sites for hydroxylation is 1. The molecule has 0 bridgehead atoms. The van der Waals surface area contributed by atoms with E-state index in [0.29, 0.717) is 6.42 Å². The number of fused-ring (bicyclic) bond motifs is 1. The van der Waals surface area contributed by atoms with Gasteiger partial charge in [-0.3, -0.25) is 9.78 Å². The molecule has 1 aliphatic carbocycles. The zero-order valence-corrected chi connectivity index (χ0v) is 19.1. The Morgan fingerprint density at radius 2 is 1.73 bits per heavy atom. The van der Waals surface area contributed by atoms with E-state index in [9.17, 15) is 4.79 Å². The standard InChI is InChI=1S/C26H30N6O/c1-2-31-14-16-32(17-15-31)24(33)18-19-6-8-21(9-7-19)28-26-22-4-3-5-23(22)29-25(30-26)20-10-12-27-13-11-20/h6-13H,2-5,14-18H2,1H3,(H,28,29,30). The molecule has 1 saturated heterocycles. The molecule has 1 fully saturated rings. The van der Waals surface area contributed by atoms with Crippen LogP contribution in [0.15, 0.2) is 48.8 Å². The van der Waals surface area contributed by atoms with Gasteiger partial charge in [-0.25, -0.2) is 9.97 Å². The fraction of sp³-hybridized carbons (Fsp3) is 0.385. The van der Waals surface area contributed by atoms with Crippen LogP contribution in [0.4, 0.5) is 11.5 Å². The number of hydrogen-bond donors (Lipinski definition) is 1. The van der Waals surface area contributed by atoms with Crippen molar-refractivity contribution in [1.82, 2.24) is 24.8 Å². The van der Waals surface area contributed by atoms with Crippen molar-refractivity contribution in [3.63, 3.8) is 0 Å². The molecule has 0 saturated carbocycles. The number of benzene rings is 1. The summed E-state index contributed by atoms with van der Waals surface area (Å²) in [6, 6.07) is 12.0. The first-order chi connectivity index (χ1) is 16.2. The first-order valence-corrected chi connectivity index (χ1v) is 11.9. The Morgan fingerprint density at radius 1 is 0.970 bits per heavy atom. The highest BCUT2D eigenvalue weighted by molar-refractivity contribution is 5.79. The number of piperazine rings is 1. The Bertz CT molecular complexity index is 1110. The first kappa shape index (κ1) is 21.5. The lowest BCUT2D eigenvalue weighted by Crippen LogP contribution is -2.48. The molecule has 3 aromatic rings. The third-order valence-corrected chi connectivity index (χ3v) is 6.62. The molecule has 0 radical (unpaired) electrons. The second-order valence-corrected chi connectivity index (χ2v) is 8.72. The number of likely N-dealkylation sites (N-methyl/N-ethyl adjacent to an activating group) is 1. The molecule has 3 heterocycles. The van der Waals surface area contributed by atoms with Crippen LogP contribution in [0, 0.1) is 0 Å². The fourth-order valence-electron chi connectivity index (χ4n) is 4.61. The van der Waals surface area contributed by atoms with Crippen LogP contribution in [-0.4, -0.2) is 63.4 Å². The van der Waals surface area contributed by atoms with Crippen LogP contribution in [-0.2, 0) is 24.1 Å². The summed E-state index contributed by atoms with van der Waals surface area (Å²) in [5.74, 6) is 1.81. The number of nitrogens with zero attached hydrogens (tertiary/aromatic N) is 5. The van der Waals surface area contributed by atoms with Crippen LogP contribution in [0.25, 0.3) is 11.4 Å². The van der Waals surface area contributed by atoms with E-state index in [1.54, 1.807) is 12.4 Å². The molecule has 2 aromatic heterocycles. The topological polar surface area (TPSA) is 74.2 Å². The number of aromatic nitrogens is 3. The molecule has 5 rings (SSSR count). The Morgan fingerprint density at radius 3 is 2.45 bits per heavy atom. The van der Waals surface area contributed by atoms with E-state index in [-0.39, 0.29) is 5.91 Å². The minimum atomic E-state index is 0.210. The summed E-state index contributed by atoms with van der Waals surface area (Å²) in [5, 5.41) is 3.50. The minimum Gasteiger partial charge on any atom is -0.340 e. The van der Waals surface area contributed by atoms with Crippen molar-refractivity contribution in [3.8, 4) is 11.4 Å². The van der Waals surface area contributed by atoms with Gasteiger partial charge in [-0.2, -0.15) is 0 Å². The summed E-state index contributed by atoms with van der Waals surface area (Å²) >= 11 is 0. The van der Waals surface area contributed by atoms with Gasteiger partial charge < -0.3 is 15.1 Å². The first-order valence-electron chi connectivity index (χ1n) is 11.9. The van der Waals surface area contributed by atoms with Crippen LogP contribution in [0.2, 0.25) is 0 Å². The van der Waals surface area contributed by atoms with Gasteiger partial charge in [0.05, 0.1) is 6.42 Å². The molecule has 0 spiro atoms. The lowest BCUT2D eigenvalue weighted by Gasteiger charge is -2.34. The summed E-state index contributed by atoms with van der Waals surface area (Å²) in [6.07, 6.45) is 7.06. The SMILES string of the molecule is CCN1CCN(C(=O)Cc2ccc(Nc3nc(-c4ccncc4)nc4c3CCC4)cc2)CC1. The number of carbonyl (C=O) groups excluding carboxylic acids is 1. The van der Waals surface area contributed by atoms with E-state index in [0.717, 1.165) is 86.1 Å². The van der Waals surface area contributed by atoms with Crippen LogP contribution >= 0.6 is 0 Å². The van der Waals surface area contributed by atoms with E-state index < -0.39 is 0 Å². The Hall–Kier alpha value is -3.32. The lowest BCUT2D eigenvalue weighted by atomic mass is 10.1. The van der Waals surface area contributed by atoms with Crippen LogP contribution < -0.4 is 5.32 Å².